The van der Waals surface area contributed by atoms with Crippen LogP contribution in [0.4, 0.5) is 0 Å². The van der Waals surface area contributed by atoms with Crippen LogP contribution < -0.4 is 0 Å². The molecule has 1 aliphatic rings. The highest BCUT2D eigenvalue weighted by Gasteiger charge is 2.20. The Morgan fingerprint density at radius 2 is 2.18 bits per heavy atom. The summed E-state index contributed by atoms with van der Waals surface area (Å²) in [5, 5.41) is 3.89. The Balaban J connectivity index is 1.73. The summed E-state index contributed by atoms with van der Waals surface area (Å²) in [6, 6.07) is 0. The average Bonchev–Trinajstić information content (AvgIpc) is 2.73. The minimum absolute atomic E-state index is 0.192. The molecular formula is C12H19N3O2. The van der Waals surface area contributed by atoms with Crippen LogP contribution >= 0.6 is 0 Å². The Morgan fingerprint density at radius 1 is 1.47 bits per heavy atom. The summed E-state index contributed by atoms with van der Waals surface area (Å²) in [6.07, 6.45) is 4.15. The van der Waals surface area contributed by atoms with Crippen molar-refractivity contribution in [1.29, 1.82) is 0 Å². The first-order chi connectivity index (χ1) is 8.15. The number of aryl methyl sites for hydroxylation is 2. The van der Waals surface area contributed by atoms with Crippen molar-refractivity contribution in [1.82, 2.24) is 15.0 Å². The van der Waals surface area contributed by atoms with Crippen LogP contribution in [0.3, 0.4) is 0 Å². The van der Waals surface area contributed by atoms with Crippen molar-refractivity contribution in [2.24, 2.45) is 5.92 Å². The molecule has 17 heavy (non-hydrogen) atoms. The average molecular weight is 237 g/mol. The number of nitrogens with zero attached hydrogens (tertiary/aromatic N) is 3. The second-order valence-electron chi connectivity index (χ2n) is 4.72. The van der Waals surface area contributed by atoms with Crippen molar-refractivity contribution in [3.63, 3.8) is 0 Å². The van der Waals surface area contributed by atoms with Crippen LogP contribution in [0.2, 0.25) is 0 Å². The Morgan fingerprint density at radius 3 is 2.71 bits per heavy atom. The number of carbonyl (C=O) groups excluding carboxylic acids is 1. The second-order valence-corrected chi connectivity index (χ2v) is 4.72. The number of hydrogen-bond acceptors (Lipinski definition) is 4. The third-order valence-corrected chi connectivity index (χ3v) is 3.41. The van der Waals surface area contributed by atoms with Crippen molar-refractivity contribution < 1.29 is 9.32 Å². The normalized spacial score (nSPS) is 17.4. The molecule has 2 heterocycles. The van der Waals surface area contributed by atoms with Gasteiger partial charge >= 0.3 is 0 Å². The van der Waals surface area contributed by atoms with Gasteiger partial charge in [0.1, 0.15) is 0 Å². The summed E-state index contributed by atoms with van der Waals surface area (Å²) in [5.74, 6) is 2.31. The van der Waals surface area contributed by atoms with Crippen LogP contribution in [0.15, 0.2) is 4.52 Å². The van der Waals surface area contributed by atoms with Crippen LogP contribution in [0.25, 0.3) is 0 Å². The summed E-state index contributed by atoms with van der Waals surface area (Å²) in [6.45, 7) is 5.24. The molecule has 0 bridgehead atoms. The highest BCUT2D eigenvalue weighted by atomic mass is 16.5. The molecule has 94 valence electrons. The van der Waals surface area contributed by atoms with Gasteiger partial charge in [0.25, 0.3) is 0 Å². The fourth-order valence-electron chi connectivity index (χ4n) is 2.31. The Labute approximate surface area is 101 Å². The molecular weight excluding hydrogens is 218 g/mol. The highest BCUT2D eigenvalue weighted by Crippen LogP contribution is 2.21. The number of hydrogen-bond donors (Lipinski definition) is 0. The van der Waals surface area contributed by atoms with Crippen LogP contribution in [0.5, 0.6) is 0 Å². The molecule has 1 fully saturated rings. The number of piperidine rings is 1. The molecule has 5 heteroatoms. The van der Waals surface area contributed by atoms with Gasteiger partial charge in [-0.3, -0.25) is 4.79 Å². The Bertz CT molecular complexity index is 381. The summed E-state index contributed by atoms with van der Waals surface area (Å²) < 4.78 is 4.94. The van der Waals surface area contributed by atoms with E-state index in [4.69, 9.17) is 4.52 Å². The van der Waals surface area contributed by atoms with Crippen molar-refractivity contribution >= 4 is 5.91 Å². The maximum Gasteiger partial charge on any atom is 0.223 e. The predicted octanol–water partition coefficient (Wildman–Crippen LogP) is 1.57. The van der Waals surface area contributed by atoms with E-state index in [-0.39, 0.29) is 5.91 Å². The first kappa shape index (κ1) is 12.1. The van der Waals surface area contributed by atoms with Gasteiger partial charge in [0.2, 0.25) is 11.8 Å². The molecule has 1 amide bonds. The number of likely N-dealkylation sites (tertiary alicyclic amines) is 1. The van der Waals surface area contributed by atoms with Crippen LogP contribution in [0, 0.1) is 12.8 Å². The lowest BCUT2D eigenvalue weighted by Gasteiger charge is -2.31. The van der Waals surface area contributed by atoms with E-state index in [1.54, 1.807) is 6.92 Å². The largest absolute Gasteiger partial charge is 0.343 e. The SMILES string of the molecule is CC(=O)N1CCC(CCc2noc(C)n2)CC1. The van der Waals surface area contributed by atoms with E-state index < -0.39 is 0 Å². The van der Waals surface area contributed by atoms with Crippen molar-refractivity contribution in [2.75, 3.05) is 13.1 Å². The molecule has 0 atom stereocenters. The molecule has 0 unspecified atom stereocenters. The molecule has 1 aliphatic heterocycles. The summed E-state index contributed by atoms with van der Waals surface area (Å²) in [4.78, 5) is 17.3. The molecule has 2 rings (SSSR count). The van der Waals surface area contributed by atoms with E-state index >= 15 is 0 Å². The Hall–Kier alpha value is -1.39. The molecule has 0 spiro atoms. The van der Waals surface area contributed by atoms with Gasteiger partial charge < -0.3 is 9.42 Å². The van der Waals surface area contributed by atoms with Gasteiger partial charge in [-0.05, 0) is 25.2 Å². The monoisotopic (exact) mass is 237 g/mol. The highest BCUT2D eigenvalue weighted by molar-refractivity contribution is 5.73. The summed E-state index contributed by atoms with van der Waals surface area (Å²) in [7, 11) is 0. The molecule has 1 saturated heterocycles. The van der Waals surface area contributed by atoms with Gasteiger partial charge in [0.05, 0.1) is 0 Å². The number of aromatic nitrogens is 2. The minimum atomic E-state index is 0.192. The third kappa shape index (κ3) is 3.28. The van der Waals surface area contributed by atoms with Crippen molar-refractivity contribution in [3.8, 4) is 0 Å². The topological polar surface area (TPSA) is 59.2 Å². The predicted molar refractivity (Wildman–Crippen MR) is 62.3 cm³/mol. The van der Waals surface area contributed by atoms with Gasteiger partial charge in [0, 0.05) is 33.4 Å². The fraction of sp³-hybridized carbons (Fsp3) is 0.750. The molecule has 5 nitrogen and oxygen atoms in total. The van der Waals surface area contributed by atoms with E-state index in [0.717, 1.165) is 44.6 Å². The van der Waals surface area contributed by atoms with E-state index in [0.29, 0.717) is 11.8 Å². The molecule has 0 aromatic carbocycles. The van der Waals surface area contributed by atoms with Gasteiger partial charge in [-0.1, -0.05) is 5.16 Å². The molecule has 0 saturated carbocycles. The molecule has 0 aliphatic carbocycles. The number of carbonyl (C=O) groups is 1. The van der Waals surface area contributed by atoms with Crippen molar-refractivity contribution in [3.05, 3.63) is 11.7 Å². The first-order valence-corrected chi connectivity index (χ1v) is 6.20. The smallest absolute Gasteiger partial charge is 0.223 e. The van der Waals surface area contributed by atoms with Gasteiger partial charge in [-0.2, -0.15) is 4.98 Å². The van der Waals surface area contributed by atoms with Crippen LogP contribution in [0.1, 0.15) is 37.9 Å². The van der Waals surface area contributed by atoms with Gasteiger partial charge in [-0.25, -0.2) is 0 Å². The fourth-order valence-corrected chi connectivity index (χ4v) is 2.31. The van der Waals surface area contributed by atoms with E-state index in [1.807, 2.05) is 11.8 Å². The zero-order valence-electron chi connectivity index (χ0n) is 10.5. The zero-order valence-corrected chi connectivity index (χ0v) is 10.5. The van der Waals surface area contributed by atoms with Crippen LogP contribution in [-0.2, 0) is 11.2 Å². The third-order valence-electron chi connectivity index (χ3n) is 3.41. The lowest BCUT2D eigenvalue weighted by Crippen LogP contribution is -2.37. The van der Waals surface area contributed by atoms with Crippen LogP contribution in [-0.4, -0.2) is 34.0 Å². The second kappa shape index (κ2) is 5.29. The molecule has 0 radical (unpaired) electrons. The quantitative estimate of drug-likeness (QED) is 0.800. The van der Waals surface area contributed by atoms with E-state index in [9.17, 15) is 4.79 Å². The van der Waals surface area contributed by atoms with E-state index in [1.165, 1.54) is 0 Å². The molecule has 1 aromatic rings. The molecule has 0 N–H and O–H groups in total. The standard InChI is InChI=1S/C12H19N3O2/c1-9-13-12(14-17-9)4-3-11-5-7-15(8-6-11)10(2)16/h11H,3-8H2,1-2H3. The van der Waals surface area contributed by atoms with Gasteiger partial charge in [0.15, 0.2) is 5.82 Å². The van der Waals surface area contributed by atoms with E-state index in [2.05, 4.69) is 10.1 Å². The summed E-state index contributed by atoms with van der Waals surface area (Å²) in [5.41, 5.74) is 0. The first-order valence-electron chi connectivity index (χ1n) is 6.20. The number of rotatable bonds is 3. The number of amides is 1. The lowest BCUT2D eigenvalue weighted by atomic mass is 9.92. The zero-order chi connectivity index (χ0) is 12.3. The molecule has 1 aromatic heterocycles. The van der Waals surface area contributed by atoms with Gasteiger partial charge in [-0.15, -0.1) is 0 Å². The summed E-state index contributed by atoms with van der Waals surface area (Å²) >= 11 is 0. The maximum atomic E-state index is 11.2. The lowest BCUT2D eigenvalue weighted by molar-refractivity contribution is -0.130. The van der Waals surface area contributed by atoms with Crippen molar-refractivity contribution in [2.45, 2.75) is 39.5 Å². The minimum Gasteiger partial charge on any atom is -0.343 e. The Kier molecular flexibility index (Phi) is 3.76. The maximum absolute atomic E-state index is 11.2.